The van der Waals surface area contributed by atoms with Gasteiger partial charge in [0.05, 0.1) is 33.4 Å². The Kier molecular flexibility index (Phi) is 14.2. The highest BCUT2D eigenvalue weighted by Crippen LogP contribution is 2.56. The first-order valence-corrected chi connectivity index (χ1v) is 25.6. The van der Waals surface area contributed by atoms with Crippen LogP contribution in [0.15, 0.2) is 71.8 Å². The zero-order chi connectivity index (χ0) is 50.5. The standard InChI is InChI=1S/C57H46F8O4S2/c1-3-5-7-9-11-13-23-57(24-14-12-10-8-6-4-2)37-25-29(39-21-17-31(70-39)27-35-53(66)41-42(54(35)67)46(59)50(63)49(62)45(41)58)15-19-33(37)34-20-16-30(26-38(34)57)40-22-18-32(71-40)28-36-55(68)43-44(56(36)69)48(61)52(65)51(64)47(43)60/h15-22,25-28H,3-14,23-24H2,1-2H3. The summed E-state index contributed by atoms with van der Waals surface area (Å²) in [6, 6.07) is 19.5. The Bertz CT molecular complexity index is 2950. The fourth-order valence-electron chi connectivity index (χ4n) is 10.5. The van der Waals surface area contributed by atoms with Gasteiger partial charge in [-0.05, 0) is 94.8 Å². The second-order valence-electron chi connectivity index (χ2n) is 18.5. The average Bonchev–Trinajstić information content (AvgIpc) is 4.19. The zero-order valence-electron chi connectivity index (χ0n) is 38.8. The van der Waals surface area contributed by atoms with Gasteiger partial charge in [0, 0.05) is 24.9 Å². The van der Waals surface area contributed by atoms with Gasteiger partial charge in [-0.2, -0.15) is 0 Å². The molecule has 0 unspecified atom stereocenters. The van der Waals surface area contributed by atoms with E-state index in [-0.39, 0.29) is 0 Å². The number of rotatable bonds is 18. The van der Waals surface area contributed by atoms with E-state index in [1.807, 2.05) is 24.3 Å². The van der Waals surface area contributed by atoms with Gasteiger partial charge in [0.15, 0.2) is 46.5 Å². The number of carbonyl (C=O) groups excluding carboxylic acids is 4. The van der Waals surface area contributed by atoms with Gasteiger partial charge >= 0.3 is 0 Å². The number of thiophene rings is 2. The highest BCUT2D eigenvalue weighted by molar-refractivity contribution is 7.16. The number of fused-ring (bicyclic) bond motifs is 5. The van der Waals surface area contributed by atoms with Crippen LogP contribution in [0.25, 0.3) is 44.2 Å². The topological polar surface area (TPSA) is 68.3 Å². The van der Waals surface area contributed by atoms with Crippen LogP contribution in [-0.4, -0.2) is 23.1 Å². The minimum Gasteiger partial charge on any atom is -0.288 e. The third kappa shape index (κ3) is 8.68. The molecule has 6 aromatic rings. The molecule has 0 amide bonds. The predicted molar refractivity (Wildman–Crippen MR) is 261 cm³/mol. The van der Waals surface area contributed by atoms with E-state index in [4.69, 9.17) is 0 Å². The van der Waals surface area contributed by atoms with Crippen molar-refractivity contribution in [3.8, 4) is 32.0 Å². The van der Waals surface area contributed by atoms with Crippen LogP contribution in [-0.2, 0) is 5.41 Å². The van der Waals surface area contributed by atoms with Crippen molar-refractivity contribution < 1.29 is 54.3 Å². The fraction of sp³-hybridized carbons (Fsp3) is 0.298. The minimum atomic E-state index is -2.17. The van der Waals surface area contributed by atoms with Crippen molar-refractivity contribution in [1.82, 2.24) is 0 Å². The van der Waals surface area contributed by atoms with Gasteiger partial charge in [0.25, 0.3) is 0 Å². The summed E-state index contributed by atoms with van der Waals surface area (Å²) in [6.07, 6.45) is 17.1. The van der Waals surface area contributed by atoms with Crippen molar-refractivity contribution in [2.24, 2.45) is 0 Å². The number of hydrogen-bond acceptors (Lipinski definition) is 6. The maximum atomic E-state index is 14.7. The van der Waals surface area contributed by atoms with Crippen LogP contribution in [0.5, 0.6) is 0 Å². The SMILES string of the molecule is CCCCCCCCC1(CCCCCCCC)c2cc(-c3ccc(C=C4C(=O)c5c(F)c(F)c(F)c(F)c5C4=O)s3)ccc2-c2ccc(-c3ccc(C=C4C(=O)c5c(F)c(F)c(F)c(F)c5C4=O)s3)cc21. The molecule has 0 N–H and O–H groups in total. The second kappa shape index (κ2) is 20.2. The Morgan fingerprint density at radius 1 is 0.408 bits per heavy atom. The summed E-state index contributed by atoms with van der Waals surface area (Å²) < 4.78 is 115. The molecule has 0 atom stereocenters. The van der Waals surface area contributed by atoms with Gasteiger partial charge in [-0.1, -0.05) is 115 Å². The first-order valence-electron chi connectivity index (χ1n) is 24.0. The fourth-order valence-corrected chi connectivity index (χ4v) is 12.4. The molecule has 9 rings (SSSR count). The molecular weight excluding hydrogens is 965 g/mol. The number of benzene rings is 4. The molecule has 2 aromatic heterocycles. The first kappa shape index (κ1) is 49.8. The zero-order valence-corrected chi connectivity index (χ0v) is 40.4. The van der Waals surface area contributed by atoms with E-state index in [2.05, 4.69) is 38.1 Å². The lowest BCUT2D eigenvalue weighted by molar-refractivity contribution is 0.0972. The molecule has 3 aliphatic carbocycles. The van der Waals surface area contributed by atoms with Crippen LogP contribution in [0.2, 0.25) is 0 Å². The number of carbonyl (C=O) groups is 4. The summed E-state index contributed by atoms with van der Waals surface area (Å²) in [7, 11) is 0. The maximum absolute atomic E-state index is 14.7. The lowest BCUT2D eigenvalue weighted by Gasteiger charge is -2.33. The minimum absolute atomic E-state index is 0.407. The van der Waals surface area contributed by atoms with Crippen molar-refractivity contribution in [2.45, 2.75) is 109 Å². The number of hydrogen-bond donors (Lipinski definition) is 0. The van der Waals surface area contributed by atoms with Gasteiger partial charge in [0.1, 0.15) is 0 Å². The normalized spacial score (nSPS) is 14.5. The van der Waals surface area contributed by atoms with Gasteiger partial charge < -0.3 is 0 Å². The van der Waals surface area contributed by atoms with Gasteiger partial charge in [0.2, 0.25) is 23.1 Å². The third-order valence-corrected chi connectivity index (χ3v) is 16.3. The monoisotopic (exact) mass is 1010 g/mol. The van der Waals surface area contributed by atoms with E-state index in [0.29, 0.717) is 9.75 Å². The summed E-state index contributed by atoms with van der Waals surface area (Å²) in [4.78, 5) is 55.1. The van der Waals surface area contributed by atoms with E-state index in [0.717, 1.165) is 133 Å². The van der Waals surface area contributed by atoms with E-state index >= 15 is 0 Å². The Hall–Kier alpha value is -6.12. The number of Topliss-reactive ketones (excluding diaryl/α,β-unsaturated/α-hetero) is 4. The largest absolute Gasteiger partial charge is 0.288 e. The average molecular weight is 1010 g/mol. The summed E-state index contributed by atoms with van der Waals surface area (Å²) in [5, 5.41) is 0. The predicted octanol–water partition coefficient (Wildman–Crippen LogP) is 16.9. The Morgan fingerprint density at radius 2 is 0.732 bits per heavy atom. The molecule has 4 nitrogen and oxygen atoms in total. The second-order valence-corrected chi connectivity index (χ2v) is 20.7. The van der Waals surface area contributed by atoms with Crippen LogP contribution in [0.4, 0.5) is 35.1 Å². The van der Waals surface area contributed by atoms with Gasteiger partial charge in [-0.25, -0.2) is 35.1 Å². The van der Waals surface area contributed by atoms with E-state index in [9.17, 15) is 54.3 Å². The van der Waals surface area contributed by atoms with Crippen LogP contribution in [0.1, 0.15) is 166 Å². The lowest BCUT2D eigenvalue weighted by Crippen LogP contribution is -2.25. The lowest BCUT2D eigenvalue weighted by atomic mass is 9.70. The molecule has 0 aliphatic heterocycles. The maximum Gasteiger partial charge on any atom is 0.200 e. The van der Waals surface area contributed by atoms with Gasteiger partial charge in [-0.15, -0.1) is 22.7 Å². The summed E-state index contributed by atoms with van der Waals surface area (Å²) in [5.74, 6) is -21.3. The third-order valence-electron chi connectivity index (χ3n) is 14.1. The first-order chi connectivity index (χ1) is 34.1. The molecule has 0 radical (unpaired) electrons. The molecule has 0 saturated heterocycles. The molecule has 0 spiro atoms. The van der Waals surface area contributed by atoms with E-state index in [1.165, 1.54) is 34.8 Å². The molecule has 366 valence electrons. The van der Waals surface area contributed by atoms with Crippen LogP contribution >= 0.6 is 22.7 Å². The van der Waals surface area contributed by atoms with Crippen LogP contribution in [0, 0.1) is 46.5 Å². The van der Waals surface area contributed by atoms with E-state index < -0.39 is 108 Å². The number of ketones is 4. The molecule has 71 heavy (non-hydrogen) atoms. The number of unbranched alkanes of at least 4 members (excludes halogenated alkanes) is 10. The highest BCUT2D eigenvalue weighted by atomic mass is 32.1. The van der Waals surface area contributed by atoms with E-state index in [1.54, 1.807) is 12.1 Å². The highest BCUT2D eigenvalue weighted by Gasteiger charge is 2.45. The van der Waals surface area contributed by atoms with Crippen LogP contribution < -0.4 is 0 Å². The van der Waals surface area contributed by atoms with Crippen molar-refractivity contribution in [2.75, 3.05) is 0 Å². The molecule has 0 fully saturated rings. The molecular formula is C57H46F8O4S2. The molecule has 3 aliphatic rings. The Morgan fingerprint density at radius 3 is 1.07 bits per heavy atom. The van der Waals surface area contributed by atoms with Gasteiger partial charge in [-0.3, -0.25) is 19.2 Å². The Balaban J connectivity index is 1.08. The molecule has 4 aromatic carbocycles. The van der Waals surface area contributed by atoms with Crippen molar-refractivity contribution in [1.29, 1.82) is 0 Å². The van der Waals surface area contributed by atoms with Crippen molar-refractivity contribution >= 4 is 58.0 Å². The van der Waals surface area contributed by atoms with Crippen molar-refractivity contribution in [3.05, 3.63) is 161 Å². The van der Waals surface area contributed by atoms with Crippen molar-refractivity contribution in [3.63, 3.8) is 0 Å². The summed E-state index contributed by atoms with van der Waals surface area (Å²) in [5.41, 5.74) is -0.0217. The molecule has 0 bridgehead atoms. The summed E-state index contributed by atoms with van der Waals surface area (Å²) >= 11 is 2.48. The van der Waals surface area contributed by atoms with Crippen LogP contribution in [0.3, 0.4) is 0 Å². The quantitative estimate of drug-likeness (QED) is 0.0215. The molecule has 14 heteroatoms. The molecule has 0 saturated carbocycles. The molecule has 2 heterocycles. The number of allylic oxidation sites excluding steroid dienone is 2. The number of halogens is 8. The Labute approximate surface area is 413 Å². The summed E-state index contributed by atoms with van der Waals surface area (Å²) in [6.45, 7) is 4.36. The smallest absolute Gasteiger partial charge is 0.200 e.